The minimum absolute atomic E-state index is 0.0308. The molecule has 2 aromatic carbocycles. The molecule has 2 amide bonds. The number of rotatable bonds is 6. The lowest BCUT2D eigenvalue weighted by molar-refractivity contribution is -0.137. The second-order valence-electron chi connectivity index (χ2n) is 6.67. The summed E-state index contributed by atoms with van der Waals surface area (Å²) in [5.41, 5.74) is 3.17. The van der Waals surface area contributed by atoms with Crippen molar-refractivity contribution in [3.8, 4) is 0 Å². The van der Waals surface area contributed by atoms with Crippen LogP contribution < -0.4 is 10.2 Å². The second kappa shape index (κ2) is 8.03. The summed E-state index contributed by atoms with van der Waals surface area (Å²) in [5.74, 6) is -1.08. The Balaban J connectivity index is 1.79. The third kappa shape index (κ3) is 4.34. The molecule has 0 saturated carbocycles. The van der Waals surface area contributed by atoms with Gasteiger partial charge in [-0.1, -0.05) is 30.3 Å². The second-order valence-corrected chi connectivity index (χ2v) is 6.67. The molecule has 2 aromatic rings. The molecule has 0 bridgehead atoms. The van der Waals surface area contributed by atoms with Gasteiger partial charge in [0.25, 0.3) is 5.91 Å². The van der Waals surface area contributed by atoms with Gasteiger partial charge in [-0.15, -0.1) is 0 Å². The number of nitrogens with zero attached hydrogens (tertiary/aromatic N) is 1. The van der Waals surface area contributed by atoms with Crippen LogP contribution in [-0.4, -0.2) is 29.9 Å². The lowest BCUT2D eigenvalue weighted by Gasteiger charge is -2.26. The standard InChI is InChI=1S/C21H22N2O4/c1-23-18-10-7-16(13-15(18)8-11-19(23)24)21(27)22-17(9-12-20(25)26)14-5-3-2-4-6-14/h2-7,10,13,17H,8-9,11-12H2,1H3,(H,22,27)(H,25,26). The van der Waals surface area contributed by atoms with Crippen molar-refractivity contribution in [3.63, 3.8) is 0 Å². The lowest BCUT2D eigenvalue weighted by atomic mass is 9.98. The first-order chi connectivity index (χ1) is 13.0. The molecule has 6 heteroatoms. The molecule has 0 aromatic heterocycles. The van der Waals surface area contributed by atoms with Crippen LogP contribution in [0.5, 0.6) is 0 Å². The average Bonchev–Trinajstić information content (AvgIpc) is 2.68. The molecule has 0 spiro atoms. The highest BCUT2D eigenvalue weighted by Crippen LogP contribution is 2.28. The quantitative estimate of drug-likeness (QED) is 0.823. The van der Waals surface area contributed by atoms with E-state index in [9.17, 15) is 14.4 Å². The predicted molar refractivity (Wildman–Crippen MR) is 102 cm³/mol. The van der Waals surface area contributed by atoms with Crippen LogP contribution in [0.3, 0.4) is 0 Å². The van der Waals surface area contributed by atoms with Gasteiger partial charge in [-0.25, -0.2) is 0 Å². The van der Waals surface area contributed by atoms with Crippen LogP contribution >= 0.6 is 0 Å². The first kappa shape index (κ1) is 18.6. The van der Waals surface area contributed by atoms with E-state index in [4.69, 9.17) is 5.11 Å². The highest BCUT2D eigenvalue weighted by Gasteiger charge is 2.23. The highest BCUT2D eigenvalue weighted by molar-refractivity contribution is 5.99. The van der Waals surface area contributed by atoms with Gasteiger partial charge in [-0.05, 0) is 42.2 Å². The van der Waals surface area contributed by atoms with Crippen molar-refractivity contribution in [2.24, 2.45) is 0 Å². The molecular formula is C21H22N2O4. The zero-order valence-electron chi connectivity index (χ0n) is 15.1. The number of aryl methyl sites for hydroxylation is 1. The summed E-state index contributed by atoms with van der Waals surface area (Å²) in [7, 11) is 1.73. The number of carbonyl (C=O) groups excluding carboxylic acids is 2. The summed E-state index contributed by atoms with van der Waals surface area (Å²) in [6.07, 6.45) is 1.32. The SMILES string of the molecule is CN1C(=O)CCc2cc(C(=O)NC(CCC(=O)O)c3ccccc3)ccc21. The van der Waals surface area contributed by atoms with E-state index in [2.05, 4.69) is 5.32 Å². The van der Waals surface area contributed by atoms with Gasteiger partial charge in [-0.2, -0.15) is 0 Å². The molecule has 27 heavy (non-hydrogen) atoms. The number of benzene rings is 2. The summed E-state index contributed by atoms with van der Waals surface area (Å²) in [4.78, 5) is 37.1. The van der Waals surface area contributed by atoms with Gasteiger partial charge in [0.1, 0.15) is 0 Å². The van der Waals surface area contributed by atoms with E-state index in [0.29, 0.717) is 24.8 Å². The Labute approximate surface area is 157 Å². The van der Waals surface area contributed by atoms with Crippen LogP contribution in [0.2, 0.25) is 0 Å². The molecule has 0 aliphatic carbocycles. The number of anilines is 1. The van der Waals surface area contributed by atoms with Crippen LogP contribution in [0.25, 0.3) is 0 Å². The van der Waals surface area contributed by atoms with E-state index in [1.54, 1.807) is 24.1 Å². The number of carboxylic acid groups (broad SMARTS) is 1. The molecule has 1 unspecified atom stereocenters. The molecule has 0 radical (unpaired) electrons. The number of hydrogen-bond acceptors (Lipinski definition) is 3. The van der Waals surface area contributed by atoms with Crippen LogP contribution in [0, 0.1) is 0 Å². The molecule has 2 N–H and O–H groups in total. The minimum Gasteiger partial charge on any atom is -0.481 e. The van der Waals surface area contributed by atoms with Gasteiger partial charge in [0, 0.05) is 31.1 Å². The zero-order valence-corrected chi connectivity index (χ0v) is 15.1. The van der Waals surface area contributed by atoms with Crippen molar-refractivity contribution in [1.29, 1.82) is 0 Å². The van der Waals surface area contributed by atoms with Gasteiger partial charge < -0.3 is 15.3 Å². The fraction of sp³-hybridized carbons (Fsp3) is 0.286. The number of amides is 2. The van der Waals surface area contributed by atoms with Crippen LogP contribution in [0.1, 0.15) is 46.8 Å². The number of fused-ring (bicyclic) bond motifs is 1. The monoisotopic (exact) mass is 366 g/mol. The topological polar surface area (TPSA) is 86.7 Å². The maximum absolute atomic E-state index is 12.8. The van der Waals surface area contributed by atoms with E-state index in [0.717, 1.165) is 16.8 Å². The van der Waals surface area contributed by atoms with Crippen LogP contribution in [0.15, 0.2) is 48.5 Å². The Morgan fingerprint density at radius 1 is 1.15 bits per heavy atom. The van der Waals surface area contributed by atoms with Crippen LogP contribution in [-0.2, 0) is 16.0 Å². The summed E-state index contributed by atoms with van der Waals surface area (Å²) in [6, 6.07) is 14.3. The third-order valence-electron chi connectivity index (χ3n) is 4.84. The van der Waals surface area contributed by atoms with Crippen molar-refractivity contribution in [2.75, 3.05) is 11.9 Å². The molecule has 3 rings (SSSR count). The molecule has 0 saturated heterocycles. The normalized spacial score (nSPS) is 14.4. The van der Waals surface area contributed by atoms with Gasteiger partial charge >= 0.3 is 5.97 Å². The Morgan fingerprint density at radius 2 is 1.89 bits per heavy atom. The summed E-state index contributed by atoms with van der Waals surface area (Å²) < 4.78 is 0. The summed E-state index contributed by atoms with van der Waals surface area (Å²) in [5, 5.41) is 11.9. The molecule has 1 heterocycles. The Kier molecular flexibility index (Phi) is 5.54. The molecule has 1 aliphatic heterocycles. The minimum atomic E-state index is -0.897. The maximum Gasteiger partial charge on any atom is 0.303 e. The fourth-order valence-electron chi connectivity index (χ4n) is 3.31. The lowest BCUT2D eigenvalue weighted by Crippen LogP contribution is -2.32. The first-order valence-electron chi connectivity index (χ1n) is 8.93. The number of carbonyl (C=O) groups is 3. The molecule has 140 valence electrons. The molecule has 1 aliphatic rings. The summed E-state index contributed by atoms with van der Waals surface area (Å²) in [6.45, 7) is 0. The van der Waals surface area contributed by atoms with Gasteiger partial charge in [0.15, 0.2) is 0 Å². The first-order valence-corrected chi connectivity index (χ1v) is 8.93. The summed E-state index contributed by atoms with van der Waals surface area (Å²) >= 11 is 0. The van der Waals surface area contributed by atoms with E-state index < -0.39 is 5.97 Å². The van der Waals surface area contributed by atoms with E-state index in [1.807, 2.05) is 36.4 Å². The Bertz CT molecular complexity index is 864. The van der Waals surface area contributed by atoms with Crippen molar-refractivity contribution in [2.45, 2.75) is 31.7 Å². The van der Waals surface area contributed by atoms with Gasteiger partial charge in [-0.3, -0.25) is 14.4 Å². The molecule has 6 nitrogen and oxygen atoms in total. The molecule has 0 fully saturated rings. The number of hydrogen-bond donors (Lipinski definition) is 2. The number of carboxylic acids is 1. The number of nitrogens with one attached hydrogen (secondary N) is 1. The molecular weight excluding hydrogens is 344 g/mol. The zero-order chi connectivity index (χ0) is 19.4. The van der Waals surface area contributed by atoms with E-state index in [-0.39, 0.29) is 24.3 Å². The van der Waals surface area contributed by atoms with Crippen molar-refractivity contribution >= 4 is 23.5 Å². The largest absolute Gasteiger partial charge is 0.481 e. The Hall–Kier alpha value is -3.15. The maximum atomic E-state index is 12.8. The van der Waals surface area contributed by atoms with Crippen LogP contribution in [0.4, 0.5) is 5.69 Å². The van der Waals surface area contributed by atoms with Gasteiger partial charge in [0.2, 0.25) is 5.91 Å². The van der Waals surface area contributed by atoms with Crippen molar-refractivity contribution < 1.29 is 19.5 Å². The van der Waals surface area contributed by atoms with E-state index >= 15 is 0 Å². The van der Waals surface area contributed by atoms with Gasteiger partial charge in [0.05, 0.1) is 6.04 Å². The highest BCUT2D eigenvalue weighted by atomic mass is 16.4. The fourth-order valence-corrected chi connectivity index (χ4v) is 3.31. The average molecular weight is 366 g/mol. The Morgan fingerprint density at radius 3 is 2.59 bits per heavy atom. The predicted octanol–water partition coefficient (Wildman–Crippen LogP) is 2.93. The number of aliphatic carboxylic acids is 1. The van der Waals surface area contributed by atoms with Crippen molar-refractivity contribution in [1.82, 2.24) is 5.32 Å². The molecule has 1 atom stereocenters. The van der Waals surface area contributed by atoms with E-state index in [1.165, 1.54) is 0 Å². The third-order valence-corrected chi connectivity index (χ3v) is 4.84. The van der Waals surface area contributed by atoms with Crippen molar-refractivity contribution in [3.05, 3.63) is 65.2 Å². The smallest absolute Gasteiger partial charge is 0.303 e.